The van der Waals surface area contributed by atoms with Gasteiger partial charge in [-0.3, -0.25) is 10.1 Å². The Hall–Kier alpha value is -1.42. The highest BCUT2D eigenvalue weighted by atomic mass is 16.6. The van der Waals surface area contributed by atoms with E-state index < -0.39 is 0 Å². The molecular weight excluding hydrogens is 564 g/mol. The first kappa shape index (κ1) is 42.6. The Morgan fingerprint density at radius 1 is 0.413 bits per heavy atom. The smallest absolute Gasteiger partial charge is 0.269 e. The van der Waals surface area contributed by atoms with Crippen LogP contribution in [0.1, 0.15) is 219 Å². The predicted molar refractivity (Wildman–Crippen MR) is 203 cm³/mol. The maximum Gasteiger partial charge on any atom is 0.269 e. The molecule has 1 N–H and O–H groups in total. The van der Waals surface area contributed by atoms with Crippen LogP contribution in [0.5, 0.6) is 0 Å². The molecule has 4 heteroatoms. The molecule has 0 heterocycles. The zero-order chi connectivity index (χ0) is 33.2. The number of hydrogen-bond donors (Lipinski definition) is 1. The van der Waals surface area contributed by atoms with Crippen molar-refractivity contribution in [2.75, 3.05) is 13.1 Å². The largest absolute Gasteiger partial charge is 0.302 e. The molecule has 0 unspecified atom stereocenters. The number of nitrogens with zero attached hydrogens (tertiary/aromatic N) is 1. The minimum absolute atomic E-state index is 0.202. The molecule has 0 aliphatic carbocycles. The number of nitro benzene ring substituents is 1. The summed E-state index contributed by atoms with van der Waals surface area (Å²) in [6.07, 6.45) is 44.8. The number of nitrogens with one attached hydrogen (secondary N) is 1. The van der Waals surface area contributed by atoms with Gasteiger partial charge >= 0.3 is 0 Å². The van der Waals surface area contributed by atoms with E-state index in [-0.39, 0.29) is 10.6 Å². The van der Waals surface area contributed by atoms with Crippen molar-refractivity contribution in [3.05, 3.63) is 34.4 Å². The SMILES string of the molecule is CCCCCCCCCCCCCCCCCC[NH+](CCCCCCCCCCCCCCCCCC)c1ccc([N+](=O)[O-])cc1. The summed E-state index contributed by atoms with van der Waals surface area (Å²) in [5, 5.41) is 11.2. The van der Waals surface area contributed by atoms with E-state index in [2.05, 4.69) is 13.8 Å². The summed E-state index contributed by atoms with van der Waals surface area (Å²) in [4.78, 5) is 12.4. The molecule has 1 rings (SSSR count). The van der Waals surface area contributed by atoms with E-state index >= 15 is 0 Å². The fourth-order valence-corrected chi connectivity index (χ4v) is 7.01. The summed E-state index contributed by atoms with van der Waals surface area (Å²) in [6.45, 7) is 6.88. The van der Waals surface area contributed by atoms with Gasteiger partial charge in [-0.1, -0.05) is 194 Å². The topological polar surface area (TPSA) is 47.6 Å². The van der Waals surface area contributed by atoms with Crippen LogP contribution in [-0.4, -0.2) is 18.0 Å². The molecule has 46 heavy (non-hydrogen) atoms. The number of non-ortho nitro benzene ring substituents is 1. The Balaban J connectivity index is 2.10. The molecule has 0 saturated heterocycles. The van der Waals surface area contributed by atoms with E-state index in [1.54, 1.807) is 12.1 Å². The molecule has 268 valence electrons. The first-order valence-corrected chi connectivity index (χ1v) is 20.8. The molecule has 1 aromatic rings. The average Bonchev–Trinajstić information content (AvgIpc) is 3.07. The van der Waals surface area contributed by atoms with E-state index in [0.717, 1.165) is 13.1 Å². The van der Waals surface area contributed by atoms with Crippen LogP contribution in [0.15, 0.2) is 24.3 Å². The van der Waals surface area contributed by atoms with Gasteiger partial charge in [0, 0.05) is 24.3 Å². The molecule has 1 aromatic carbocycles. The van der Waals surface area contributed by atoms with Gasteiger partial charge in [-0.15, -0.1) is 0 Å². The number of benzene rings is 1. The van der Waals surface area contributed by atoms with Gasteiger partial charge in [-0.2, -0.15) is 0 Å². The number of hydrogen-bond acceptors (Lipinski definition) is 2. The van der Waals surface area contributed by atoms with E-state index in [4.69, 9.17) is 0 Å². The third-order valence-electron chi connectivity index (χ3n) is 10.2. The zero-order valence-corrected chi connectivity index (χ0v) is 31.1. The number of unbranched alkanes of at least 4 members (excludes halogenated alkanes) is 30. The van der Waals surface area contributed by atoms with E-state index in [9.17, 15) is 10.1 Å². The van der Waals surface area contributed by atoms with Crippen molar-refractivity contribution in [3.8, 4) is 0 Å². The van der Waals surface area contributed by atoms with Gasteiger partial charge in [0.2, 0.25) is 0 Å². The molecule has 0 aromatic heterocycles. The maximum absolute atomic E-state index is 11.2. The highest BCUT2D eigenvalue weighted by molar-refractivity contribution is 5.39. The highest BCUT2D eigenvalue weighted by Crippen LogP contribution is 2.16. The van der Waals surface area contributed by atoms with Gasteiger partial charge in [0.25, 0.3) is 5.69 Å². The third kappa shape index (κ3) is 26.6. The van der Waals surface area contributed by atoms with Crippen LogP contribution in [-0.2, 0) is 0 Å². The van der Waals surface area contributed by atoms with Crippen LogP contribution in [0, 0.1) is 10.1 Å². The van der Waals surface area contributed by atoms with Gasteiger partial charge in [0.1, 0.15) is 5.69 Å². The Bertz CT molecular complexity index is 729. The highest BCUT2D eigenvalue weighted by Gasteiger charge is 2.14. The second kappa shape index (κ2) is 33.5. The maximum atomic E-state index is 11.2. The van der Waals surface area contributed by atoms with Crippen molar-refractivity contribution in [2.24, 2.45) is 0 Å². The van der Waals surface area contributed by atoms with Crippen LogP contribution in [0.2, 0.25) is 0 Å². The lowest BCUT2D eigenvalue weighted by Gasteiger charge is -2.19. The Labute approximate surface area is 287 Å². The number of nitro groups is 1. The lowest BCUT2D eigenvalue weighted by molar-refractivity contribution is -0.833. The molecule has 0 amide bonds. The van der Waals surface area contributed by atoms with Gasteiger partial charge in [0.15, 0.2) is 0 Å². The van der Waals surface area contributed by atoms with Crippen LogP contribution in [0.25, 0.3) is 0 Å². The van der Waals surface area contributed by atoms with Crippen LogP contribution in [0.3, 0.4) is 0 Å². The second-order valence-electron chi connectivity index (χ2n) is 14.5. The quantitative estimate of drug-likeness (QED) is 0.0449. The average molecular weight is 644 g/mol. The summed E-state index contributed by atoms with van der Waals surface area (Å²) in [7, 11) is 0. The minimum Gasteiger partial charge on any atom is -0.302 e. The molecule has 0 bridgehead atoms. The zero-order valence-electron chi connectivity index (χ0n) is 31.1. The fourth-order valence-electron chi connectivity index (χ4n) is 7.01. The summed E-state index contributed by atoms with van der Waals surface area (Å²) < 4.78 is 0. The molecule has 0 atom stereocenters. The monoisotopic (exact) mass is 644 g/mol. The first-order valence-electron chi connectivity index (χ1n) is 20.8. The van der Waals surface area contributed by atoms with E-state index in [1.807, 2.05) is 12.1 Å². The van der Waals surface area contributed by atoms with E-state index in [1.165, 1.54) is 216 Å². The molecule has 0 aliphatic rings. The third-order valence-corrected chi connectivity index (χ3v) is 10.2. The van der Waals surface area contributed by atoms with Crippen LogP contribution >= 0.6 is 0 Å². The van der Waals surface area contributed by atoms with Crippen molar-refractivity contribution in [1.82, 2.24) is 0 Å². The second-order valence-corrected chi connectivity index (χ2v) is 14.5. The Kier molecular flexibility index (Phi) is 31.0. The summed E-state index contributed by atoms with van der Waals surface area (Å²) in [5.74, 6) is 0. The van der Waals surface area contributed by atoms with Crippen molar-refractivity contribution >= 4 is 11.4 Å². The van der Waals surface area contributed by atoms with Gasteiger partial charge < -0.3 is 4.90 Å². The van der Waals surface area contributed by atoms with Crippen molar-refractivity contribution in [2.45, 2.75) is 219 Å². The van der Waals surface area contributed by atoms with Crippen LogP contribution in [0.4, 0.5) is 11.4 Å². The Morgan fingerprint density at radius 3 is 0.891 bits per heavy atom. The molecule has 0 fully saturated rings. The van der Waals surface area contributed by atoms with E-state index in [0.29, 0.717) is 0 Å². The summed E-state index contributed by atoms with van der Waals surface area (Å²) >= 11 is 0. The molecular formula is C42H79N2O2+. The normalized spacial score (nSPS) is 11.5. The molecule has 0 aliphatic heterocycles. The molecule has 0 radical (unpaired) electrons. The summed E-state index contributed by atoms with van der Waals surface area (Å²) in [6, 6.07) is 7.37. The Morgan fingerprint density at radius 2 is 0.652 bits per heavy atom. The fraction of sp³-hybridized carbons (Fsp3) is 0.857. The van der Waals surface area contributed by atoms with Gasteiger partial charge in [0.05, 0.1) is 18.0 Å². The predicted octanol–water partition coefficient (Wildman–Crippen LogP) is 13.6. The molecule has 0 saturated carbocycles. The number of quaternary nitrogens is 1. The van der Waals surface area contributed by atoms with Gasteiger partial charge in [-0.05, 0) is 25.7 Å². The summed E-state index contributed by atoms with van der Waals surface area (Å²) in [5.41, 5.74) is 1.43. The van der Waals surface area contributed by atoms with Crippen molar-refractivity contribution < 1.29 is 9.82 Å². The standard InChI is InChI=1S/C42H78N2O2/c1-3-5-7-9-11-13-15-17-19-21-23-25-27-29-31-33-39-43(41-35-37-42(38-36-41)44(45)46)40-34-32-30-28-26-24-22-20-18-16-14-12-10-8-6-4-2/h35-38H,3-34,39-40H2,1-2H3/p+1. The number of rotatable bonds is 36. The lowest BCUT2D eigenvalue weighted by Crippen LogP contribution is -3.07. The van der Waals surface area contributed by atoms with Gasteiger partial charge in [-0.25, -0.2) is 0 Å². The lowest BCUT2D eigenvalue weighted by atomic mass is 10.0. The molecule has 4 nitrogen and oxygen atoms in total. The van der Waals surface area contributed by atoms with Crippen LogP contribution < -0.4 is 4.90 Å². The van der Waals surface area contributed by atoms with Crippen molar-refractivity contribution in [3.63, 3.8) is 0 Å². The van der Waals surface area contributed by atoms with Crippen molar-refractivity contribution in [1.29, 1.82) is 0 Å². The minimum atomic E-state index is -0.283. The molecule has 0 spiro atoms. The first-order chi connectivity index (χ1) is 22.7.